The van der Waals surface area contributed by atoms with Gasteiger partial charge in [0.2, 0.25) is 0 Å². The Balaban J connectivity index is 2.70. The van der Waals surface area contributed by atoms with Gasteiger partial charge in [-0.05, 0) is 30.1 Å². The molecule has 1 rings (SSSR count). The first-order chi connectivity index (χ1) is 8.02. The van der Waals surface area contributed by atoms with Crippen LogP contribution in [0, 0.1) is 16.2 Å². The van der Waals surface area contributed by atoms with Crippen LogP contribution in [0.15, 0.2) is 0 Å². The number of hydrogen-bond donors (Lipinski definition) is 3. The van der Waals surface area contributed by atoms with Gasteiger partial charge in [0, 0.05) is 6.04 Å². The van der Waals surface area contributed by atoms with Gasteiger partial charge in [-0.15, -0.1) is 0 Å². The van der Waals surface area contributed by atoms with Crippen molar-refractivity contribution in [2.24, 2.45) is 16.6 Å². The number of carbonyl (C=O) groups excluding carboxylic acids is 2. The van der Waals surface area contributed by atoms with E-state index in [1.54, 1.807) is 0 Å². The molecule has 0 bridgehead atoms. The summed E-state index contributed by atoms with van der Waals surface area (Å²) in [5, 5.41) is 10.0. The molecule has 0 aromatic rings. The Morgan fingerprint density at radius 2 is 1.61 bits per heavy atom. The molecule has 2 amide bonds. The Bertz CT molecular complexity index is 370. The second-order valence-electron chi connectivity index (χ2n) is 6.82. The maximum atomic E-state index is 11.6. The third-order valence-corrected chi connectivity index (χ3v) is 3.36. The van der Waals surface area contributed by atoms with Crippen molar-refractivity contribution in [2.45, 2.75) is 53.0 Å². The minimum absolute atomic E-state index is 0.00375. The van der Waals surface area contributed by atoms with E-state index in [9.17, 15) is 9.59 Å². The van der Waals surface area contributed by atoms with Crippen molar-refractivity contribution in [2.75, 3.05) is 0 Å². The Labute approximate surface area is 108 Å². The maximum Gasteiger partial charge on any atom is 0.275 e. The number of amides is 2. The highest BCUT2D eigenvalue weighted by Crippen LogP contribution is 2.45. The first kappa shape index (κ1) is 14.7. The monoisotopic (exact) mass is 253 g/mol. The molecule has 0 aromatic heterocycles. The Morgan fingerprint density at radius 1 is 1.17 bits per heavy atom. The average molecular weight is 253 g/mol. The van der Waals surface area contributed by atoms with Gasteiger partial charge in [0.15, 0.2) is 5.71 Å². The molecule has 1 aliphatic rings. The number of rotatable bonds is 3. The van der Waals surface area contributed by atoms with Crippen molar-refractivity contribution >= 4 is 17.5 Å². The van der Waals surface area contributed by atoms with Gasteiger partial charge in [-0.1, -0.05) is 27.7 Å². The van der Waals surface area contributed by atoms with Crippen molar-refractivity contribution < 1.29 is 9.59 Å². The third kappa shape index (κ3) is 3.82. The van der Waals surface area contributed by atoms with Crippen LogP contribution in [-0.4, -0.2) is 23.6 Å². The second kappa shape index (κ2) is 4.71. The molecule has 0 heterocycles. The summed E-state index contributed by atoms with van der Waals surface area (Å²) in [7, 11) is 0. The summed E-state index contributed by atoms with van der Waals surface area (Å²) in [6.07, 6.45) is 2.81. The number of primary amides is 1. The molecule has 1 aliphatic carbocycles. The van der Waals surface area contributed by atoms with Crippen LogP contribution in [-0.2, 0) is 9.59 Å². The molecule has 5 nitrogen and oxygen atoms in total. The van der Waals surface area contributed by atoms with Gasteiger partial charge in [-0.2, -0.15) is 0 Å². The van der Waals surface area contributed by atoms with Crippen LogP contribution in [0.25, 0.3) is 0 Å². The number of nitrogens with two attached hydrogens (primary N) is 1. The molecule has 0 aromatic carbocycles. The predicted molar refractivity (Wildman–Crippen MR) is 70.3 cm³/mol. The normalized spacial score (nSPS) is 22.2. The fourth-order valence-corrected chi connectivity index (χ4v) is 3.32. The fourth-order valence-electron chi connectivity index (χ4n) is 3.32. The first-order valence-corrected chi connectivity index (χ1v) is 6.22. The van der Waals surface area contributed by atoms with E-state index < -0.39 is 17.5 Å². The van der Waals surface area contributed by atoms with Crippen molar-refractivity contribution in [3.63, 3.8) is 0 Å². The lowest BCUT2D eigenvalue weighted by atomic mass is 9.63. The molecule has 0 atom stereocenters. The summed E-state index contributed by atoms with van der Waals surface area (Å²) < 4.78 is 0. The van der Waals surface area contributed by atoms with E-state index in [-0.39, 0.29) is 16.9 Å². The SMILES string of the molecule is CC1(C)CC(NC(=O)C(=N)C(N)=O)CC(C)(C)C1. The van der Waals surface area contributed by atoms with E-state index >= 15 is 0 Å². The lowest BCUT2D eigenvalue weighted by Crippen LogP contribution is -2.49. The summed E-state index contributed by atoms with van der Waals surface area (Å²) in [6, 6.07) is -0.00375. The van der Waals surface area contributed by atoms with Crippen molar-refractivity contribution in [1.29, 1.82) is 5.41 Å². The summed E-state index contributed by atoms with van der Waals surface area (Å²) in [5.74, 6) is -1.65. The van der Waals surface area contributed by atoms with Gasteiger partial charge in [-0.3, -0.25) is 15.0 Å². The van der Waals surface area contributed by atoms with Crippen LogP contribution in [0.2, 0.25) is 0 Å². The fraction of sp³-hybridized carbons (Fsp3) is 0.769. The molecule has 5 heteroatoms. The van der Waals surface area contributed by atoms with E-state index in [1.165, 1.54) is 0 Å². The highest BCUT2D eigenvalue weighted by atomic mass is 16.2. The molecule has 0 unspecified atom stereocenters. The summed E-state index contributed by atoms with van der Waals surface area (Å²) in [6.45, 7) is 8.69. The lowest BCUT2D eigenvalue weighted by molar-refractivity contribution is -0.118. The average Bonchev–Trinajstić information content (AvgIpc) is 2.10. The van der Waals surface area contributed by atoms with Crippen LogP contribution < -0.4 is 11.1 Å². The van der Waals surface area contributed by atoms with Gasteiger partial charge in [0.05, 0.1) is 0 Å². The zero-order chi connectivity index (χ0) is 14.1. The zero-order valence-electron chi connectivity index (χ0n) is 11.6. The molecule has 18 heavy (non-hydrogen) atoms. The predicted octanol–water partition coefficient (Wildman–Crippen LogP) is 1.21. The summed E-state index contributed by atoms with van der Waals surface area (Å²) in [5.41, 5.74) is 4.55. The van der Waals surface area contributed by atoms with Crippen molar-refractivity contribution in [3.05, 3.63) is 0 Å². The van der Waals surface area contributed by atoms with Crippen LogP contribution in [0.3, 0.4) is 0 Å². The van der Waals surface area contributed by atoms with E-state index in [0.717, 1.165) is 19.3 Å². The van der Waals surface area contributed by atoms with Gasteiger partial charge >= 0.3 is 0 Å². The van der Waals surface area contributed by atoms with Gasteiger partial charge in [0.25, 0.3) is 11.8 Å². The van der Waals surface area contributed by atoms with Gasteiger partial charge < -0.3 is 11.1 Å². The number of nitrogens with one attached hydrogen (secondary N) is 2. The van der Waals surface area contributed by atoms with E-state index in [2.05, 4.69) is 33.0 Å². The second-order valence-corrected chi connectivity index (χ2v) is 6.82. The Kier molecular flexibility index (Phi) is 3.84. The van der Waals surface area contributed by atoms with E-state index in [4.69, 9.17) is 11.1 Å². The zero-order valence-corrected chi connectivity index (χ0v) is 11.6. The molecule has 0 radical (unpaired) electrons. The summed E-state index contributed by atoms with van der Waals surface area (Å²) in [4.78, 5) is 22.4. The van der Waals surface area contributed by atoms with Crippen LogP contribution in [0.1, 0.15) is 47.0 Å². The number of carbonyl (C=O) groups is 2. The van der Waals surface area contributed by atoms with E-state index in [1.807, 2.05) is 0 Å². The molecule has 0 spiro atoms. The molecule has 1 fully saturated rings. The molecular formula is C13H23N3O2. The highest BCUT2D eigenvalue weighted by Gasteiger charge is 2.39. The van der Waals surface area contributed by atoms with Crippen molar-refractivity contribution in [1.82, 2.24) is 5.32 Å². The topological polar surface area (TPSA) is 96.0 Å². The highest BCUT2D eigenvalue weighted by molar-refractivity contribution is 6.63. The minimum atomic E-state index is -0.984. The molecule has 0 saturated heterocycles. The Hall–Kier alpha value is -1.39. The quantitative estimate of drug-likeness (QED) is 0.520. The largest absolute Gasteiger partial charge is 0.364 e. The first-order valence-electron chi connectivity index (χ1n) is 6.22. The van der Waals surface area contributed by atoms with Crippen LogP contribution in [0.4, 0.5) is 0 Å². The lowest BCUT2D eigenvalue weighted by Gasteiger charge is -2.45. The standard InChI is InChI=1S/C13H23N3O2/c1-12(2)5-8(6-13(3,4)7-12)16-11(18)9(14)10(15)17/h8,14H,5-7H2,1-4H3,(H2,15,17)(H,16,18). The molecule has 0 aliphatic heterocycles. The molecular weight excluding hydrogens is 230 g/mol. The van der Waals surface area contributed by atoms with Gasteiger partial charge in [0.1, 0.15) is 0 Å². The van der Waals surface area contributed by atoms with Crippen LogP contribution >= 0.6 is 0 Å². The van der Waals surface area contributed by atoms with Crippen LogP contribution in [0.5, 0.6) is 0 Å². The molecule has 4 N–H and O–H groups in total. The number of hydrogen-bond acceptors (Lipinski definition) is 3. The molecule has 102 valence electrons. The smallest absolute Gasteiger partial charge is 0.275 e. The van der Waals surface area contributed by atoms with Gasteiger partial charge in [-0.25, -0.2) is 0 Å². The van der Waals surface area contributed by atoms with E-state index in [0.29, 0.717) is 0 Å². The summed E-state index contributed by atoms with van der Waals surface area (Å²) >= 11 is 0. The minimum Gasteiger partial charge on any atom is -0.364 e. The van der Waals surface area contributed by atoms with Crippen molar-refractivity contribution in [3.8, 4) is 0 Å². The maximum absolute atomic E-state index is 11.6. The Morgan fingerprint density at radius 3 is 2.00 bits per heavy atom. The molecule has 1 saturated carbocycles. The third-order valence-electron chi connectivity index (χ3n) is 3.36.